The summed E-state index contributed by atoms with van der Waals surface area (Å²) in [4.78, 5) is 14.8. The fourth-order valence-corrected chi connectivity index (χ4v) is 1.87. The minimum atomic E-state index is -0.457. The molecule has 110 valence electrons. The average Bonchev–Trinajstić information content (AvgIpc) is 2.46. The Kier molecular flexibility index (Phi) is 4.84. The van der Waals surface area contributed by atoms with Crippen molar-refractivity contribution >= 4 is 5.69 Å². The van der Waals surface area contributed by atoms with Crippen LogP contribution >= 0.6 is 0 Å². The van der Waals surface area contributed by atoms with Gasteiger partial charge in [-0.15, -0.1) is 0 Å². The first kappa shape index (κ1) is 14.9. The number of nitro groups is 1. The van der Waals surface area contributed by atoms with E-state index in [4.69, 9.17) is 4.74 Å². The maximum absolute atomic E-state index is 11.1. The van der Waals surface area contributed by atoms with Crippen molar-refractivity contribution in [2.24, 2.45) is 0 Å². The summed E-state index contributed by atoms with van der Waals surface area (Å²) in [6.45, 7) is 5.27. The van der Waals surface area contributed by atoms with Crippen LogP contribution in [0.15, 0.2) is 36.5 Å². The molecule has 0 unspecified atom stereocenters. The summed E-state index contributed by atoms with van der Waals surface area (Å²) in [5.74, 6) is 0.587. The number of aryl methyl sites for hydroxylation is 1. The fraction of sp³-hybridized carbons (Fsp3) is 0.267. The Balaban J connectivity index is 2.34. The van der Waals surface area contributed by atoms with Gasteiger partial charge in [0, 0.05) is 24.4 Å². The number of nitro benzene ring substituents is 1. The van der Waals surface area contributed by atoms with Gasteiger partial charge in [-0.3, -0.25) is 10.1 Å². The molecule has 0 radical (unpaired) electrons. The van der Waals surface area contributed by atoms with E-state index in [1.807, 2.05) is 26.0 Å². The van der Waals surface area contributed by atoms with E-state index in [2.05, 4.69) is 10.3 Å². The monoisotopic (exact) mass is 287 g/mol. The molecule has 0 fully saturated rings. The molecule has 0 spiro atoms. The number of pyridine rings is 1. The van der Waals surface area contributed by atoms with Crippen LogP contribution in [0.3, 0.4) is 0 Å². The molecule has 2 rings (SSSR count). The van der Waals surface area contributed by atoms with E-state index in [1.165, 1.54) is 6.07 Å². The Morgan fingerprint density at radius 2 is 2.19 bits per heavy atom. The summed E-state index contributed by atoms with van der Waals surface area (Å²) in [6.07, 6.45) is 1.60. The molecule has 6 nitrogen and oxygen atoms in total. The number of nitrogens with one attached hydrogen (secondary N) is 1. The summed E-state index contributed by atoms with van der Waals surface area (Å²) in [5.41, 5.74) is 1.68. The predicted molar refractivity (Wildman–Crippen MR) is 79.5 cm³/mol. The second-order valence-corrected chi connectivity index (χ2v) is 4.58. The van der Waals surface area contributed by atoms with E-state index < -0.39 is 4.92 Å². The van der Waals surface area contributed by atoms with Gasteiger partial charge in [-0.25, -0.2) is 4.98 Å². The molecule has 0 saturated carbocycles. The predicted octanol–water partition coefficient (Wildman–Crippen LogP) is 3.20. The zero-order chi connectivity index (χ0) is 15.2. The van der Waals surface area contributed by atoms with Crippen molar-refractivity contribution in [3.05, 3.63) is 57.8 Å². The second-order valence-electron chi connectivity index (χ2n) is 4.58. The van der Waals surface area contributed by atoms with Crippen molar-refractivity contribution in [2.75, 3.05) is 6.54 Å². The number of hydrogen-bond donors (Lipinski definition) is 1. The lowest BCUT2D eigenvalue weighted by Crippen LogP contribution is -2.12. The molecule has 1 N–H and O–H groups in total. The molecular weight excluding hydrogens is 270 g/mol. The molecule has 21 heavy (non-hydrogen) atoms. The number of rotatable bonds is 6. The molecule has 1 aromatic heterocycles. The van der Waals surface area contributed by atoms with Crippen molar-refractivity contribution < 1.29 is 9.66 Å². The molecule has 0 bridgehead atoms. The lowest BCUT2D eigenvalue weighted by molar-refractivity contribution is -0.385. The average molecular weight is 287 g/mol. The summed E-state index contributed by atoms with van der Waals surface area (Å²) in [7, 11) is 0. The van der Waals surface area contributed by atoms with Crippen LogP contribution in [0.1, 0.15) is 18.1 Å². The summed E-state index contributed by atoms with van der Waals surface area (Å²) >= 11 is 0. The number of nitrogens with zero attached hydrogens (tertiary/aromatic N) is 2. The quantitative estimate of drug-likeness (QED) is 0.652. The molecule has 0 aliphatic heterocycles. The van der Waals surface area contributed by atoms with Gasteiger partial charge in [0.25, 0.3) is 0 Å². The normalized spacial score (nSPS) is 10.4. The highest BCUT2D eigenvalue weighted by atomic mass is 16.6. The Labute approximate surface area is 122 Å². The number of ether oxygens (including phenoxy) is 1. The van der Waals surface area contributed by atoms with Crippen molar-refractivity contribution in [3.63, 3.8) is 0 Å². The SMILES string of the molecule is CCNCc1cccnc1Oc1cc(C)ccc1[N+](=O)[O-]. The Morgan fingerprint density at radius 1 is 1.38 bits per heavy atom. The highest BCUT2D eigenvalue weighted by Crippen LogP contribution is 2.32. The lowest BCUT2D eigenvalue weighted by atomic mass is 10.2. The first-order chi connectivity index (χ1) is 10.1. The molecule has 0 aliphatic rings. The molecule has 0 aliphatic carbocycles. The van der Waals surface area contributed by atoms with Gasteiger partial charge in [-0.1, -0.05) is 19.1 Å². The van der Waals surface area contributed by atoms with Crippen LogP contribution in [0, 0.1) is 17.0 Å². The van der Waals surface area contributed by atoms with Crippen molar-refractivity contribution in [1.29, 1.82) is 0 Å². The molecule has 1 aromatic carbocycles. The molecule has 0 atom stereocenters. The standard InChI is InChI=1S/C15H17N3O3/c1-3-16-10-12-5-4-8-17-15(12)21-14-9-11(2)6-7-13(14)18(19)20/h4-9,16H,3,10H2,1-2H3. The van der Waals surface area contributed by atoms with E-state index in [0.29, 0.717) is 12.4 Å². The van der Waals surface area contributed by atoms with Crippen molar-refractivity contribution in [2.45, 2.75) is 20.4 Å². The van der Waals surface area contributed by atoms with Crippen LogP contribution in [0.2, 0.25) is 0 Å². The van der Waals surface area contributed by atoms with Gasteiger partial charge in [0.2, 0.25) is 11.6 Å². The van der Waals surface area contributed by atoms with Gasteiger partial charge >= 0.3 is 5.69 Å². The van der Waals surface area contributed by atoms with E-state index in [9.17, 15) is 10.1 Å². The molecule has 6 heteroatoms. The van der Waals surface area contributed by atoms with E-state index >= 15 is 0 Å². The first-order valence-electron chi connectivity index (χ1n) is 6.69. The number of hydrogen-bond acceptors (Lipinski definition) is 5. The Morgan fingerprint density at radius 3 is 2.90 bits per heavy atom. The van der Waals surface area contributed by atoms with Crippen molar-refractivity contribution in [1.82, 2.24) is 10.3 Å². The van der Waals surface area contributed by atoms with Crippen LogP contribution in [0.25, 0.3) is 0 Å². The Hall–Kier alpha value is -2.47. The van der Waals surface area contributed by atoms with Gasteiger partial charge in [0.05, 0.1) is 4.92 Å². The summed E-state index contributed by atoms with van der Waals surface area (Å²) in [5, 5.41) is 14.3. The zero-order valence-electron chi connectivity index (χ0n) is 12.0. The highest BCUT2D eigenvalue weighted by molar-refractivity contribution is 5.50. The maximum atomic E-state index is 11.1. The third kappa shape index (κ3) is 3.76. The van der Waals surface area contributed by atoms with E-state index in [1.54, 1.807) is 18.3 Å². The minimum absolute atomic E-state index is 0.0688. The molecule has 2 aromatic rings. The first-order valence-corrected chi connectivity index (χ1v) is 6.69. The fourth-order valence-electron chi connectivity index (χ4n) is 1.87. The summed E-state index contributed by atoms with van der Waals surface area (Å²) in [6, 6.07) is 8.46. The highest BCUT2D eigenvalue weighted by Gasteiger charge is 2.17. The van der Waals surface area contributed by atoms with E-state index in [0.717, 1.165) is 17.7 Å². The molecule has 1 heterocycles. The van der Waals surface area contributed by atoms with Crippen LogP contribution < -0.4 is 10.1 Å². The third-order valence-electron chi connectivity index (χ3n) is 2.93. The van der Waals surface area contributed by atoms with Gasteiger partial charge < -0.3 is 10.1 Å². The number of aromatic nitrogens is 1. The summed E-state index contributed by atoms with van der Waals surface area (Å²) < 4.78 is 5.69. The molecular formula is C15H17N3O3. The smallest absolute Gasteiger partial charge is 0.311 e. The van der Waals surface area contributed by atoms with Crippen LogP contribution in [-0.4, -0.2) is 16.5 Å². The molecule has 0 saturated heterocycles. The van der Waals surface area contributed by atoms with Crippen LogP contribution in [-0.2, 0) is 6.54 Å². The van der Waals surface area contributed by atoms with Crippen LogP contribution in [0.4, 0.5) is 5.69 Å². The van der Waals surface area contributed by atoms with Gasteiger partial charge in [-0.2, -0.15) is 0 Å². The maximum Gasteiger partial charge on any atom is 0.311 e. The largest absolute Gasteiger partial charge is 0.431 e. The van der Waals surface area contributed by atoms with Gasteiger partial charge in [0.15, 0.2) is 0 Å². The van der Waals surface area contributed by atoms with Gasteiger partial charge in [0.1, 0.15) is 0 Å². The minimum Gasteiger partial charge on any atom is -0.431 e. The van der Waals surface area contributed by atoms with Crippen LogP contribution in [0.5, 0.6) is 11.6 Å². The second kappa shape index (κ2) is 6.81. The zero-order valence-corrected chi connectivity index (χ0v) is 12.0. The van der Waals surface area contributed by atoms with Crippen molar-refractivity contribution in [3.8, 4) is 11.6 Å². The topological polar surface area (TPSA) is 77.3 Å². The van der Waals surface area contributed by atoms with E-state index in [-0.39, 0.29) is 11.4 Å². The lowest BCUT2D eigenvalue weighted by Gasteiger charge is -2.10. The number of benzene rings is 1. The third-order valence-corrected chi connectivity index (χ3v) is 2.93. The van der Waals surface area contributed by atoms with Gasteiger partial charge in [-0.05, 0) is 31.2 Å². The Bertz CT molecular complexity index is 644. The molecule has 0 amide bonds.